The largest absolute Gasteiger partial charge is 0.374 e. The Morgan fingerprint density at radius 1 is 1.25 bits per heavy atom. The lowest BCUT2D eigenvalue weighted by molar-refractivity contribution is 0.0989. The third kappa shape index (κ3) is 4.28. The lowest BCUT2D eigenvalue weighted by Crippen LogP contribution is -2.37. The van der Waals surface area contributed by atoms with Crippen LogP contribution in [0.2, 0.25) is 0 Å². The fourth-order valence-electron chi connectivity index (χ4n) is 5.73. The Labute approximate surface area is 213 Å². The molecule has 3 aromatic heterocycles. The maximum atomic E-state index is 13.9. The van der Waals surface area contributed by atoms with Gasteiger partial charge in [-0.15, -0.1) is 0 Å². The second kappa shape index (κ2) is 9.51. The van der Waals surface area contributed by atoms with Crippen LogP contribution in [0, 0.1) is 5.92 Å². The number of ether oxygens (including phenoxy) is 1. The molecule has 0 aromatic carbocycles. The minimum atomic E-state index is -2.71. The maximum Gasteiger partial charge on any atom is 0.284 e. The van der Waals surface area contributed by atoms with Crippen LogP contribution in [-0.4, -0.2) is 54.7 Å². The van der Waals surface area contributed by atoms with Crippen molar-refractivity contribution in [1.82, 2.24) is 24.4 Å². The van der Waals surface area contributed by atoms with Crippen molar-refractivity contribution >= 4 is 34.4 Å². The number of alkyl halides is 2. The molecule has 0 spiro atoms. The summed E-state index contributed by atoms with van der Waals surface area (Å²) >= 11 is 5.64. The molecule has 0 unspecified atom stereocenters. The molecule has 11 heteroatoms. The molecule has 3 aromatic rings. The Balaban J connectivity index is 1.23. The lowest BCUT2D eigenvalue weighted by atomic mass is 9.86. The summed E-state index contributed by atoms with van der Waals surface area (Å²) in [6.07, 6.45) is 11.9. The number of thiocarbonyl (C=S) groups is 1. The maximum absolute atomic E-state index is 13.9. The van der Waals surface area contributed by atoms with Gasteiger partial charge in [0.25, 0.3) is 6.43 Å². The van der Waals surface area contributed by atoms with Gasteiger partial charge in [0.1, 0.15) is 10.8 Å². The first kappa shape index (κ1) is 23.5. The van der Waals surface area contributed by atoms with Gasteiger partial charge in [-0.1, -0.05) is 24.4 Å². The number of nitrogens with one attached hydrogen (secondary N) is 1. The molecule has 36 heavy (non-hydrogen) atoms. The van der Waals surface area contributed by atoms with Crippen LogP contribution in [0.4, 0.5) is 20.3 Å². The zero-order valence-corrected chi connectivity index (χ0v) is 20.9. The Hall–Kier alpha value is -2.92. The molecule has 3 fully saturated rings. The van der Waals surface area contributed by atoms with Gasteiger partial charge in [-0.25, -0.2) is 18.3 Å². The van der Waals surface area contributed by atoms with E-state index in [1.165, 1.54) is 0 Å². The van der Waals surface area contributed by atoms with E-state index in [0.29, 0.717) is 34.8 Å². The summed E-state index contributed by atoms with van der Waals surface area (Å²) in [5, 5.41) is 11.6. The van der Waals surface area contributed by atoms with Gasteiger partial charge in [-0.2, -0.15) is 10.2 Å². The number of halogens is 2. The van der Waals surface area contributed by atoms with Gasteiger partial charge in [0.05, 0.1) is 42.2 Å². The van der Waals surface area contributed by atoms with E-state index < -0.39 is 6.43 Å². The predicted molar refractivity (Wildman–Crippen MR) is 137 cm³/mol. The van der Waals surface area contributed by atoms with Gasteiger partial charge in [-0.05, 0) is 51.0 Å². The van der Waals surface area contributed by atoms with Gasteiger partial charge in [0.15, 0.2) is 11.3 Å². The summed E-state index contributed by atoms with van der Waals surface area (Å²) in [7, 11) is 0. The van der Waals surface area contributed by atoms with Crippen LogP contribution in [0.25, 0.3) is 5.65 Å². The number of aromatic nitrogens is 5. The van der Waals surface area contributed by atoms with Crippen molar-refractivity contribution in [2.24, 2.45) is 5.92 Å². The molecule has 0 amide bonds. The van der Waals surface area contributed by atoms with Crippen LogP contribution < -0.4 is 10.2 Å². The van der Waals surface area contributed by atoms with Crippen molar-refractivity contribution in [2.75, 3.05) is 23.4 Å². The predicted octanol–water partition coefficient (Wildman–Crippen LogP) is 4.94. The van der Waals surface area contributed by atoms with Gasteiger partial charge in [0, 0.05) is 18.9 Å². The highest BCUT2D eigenvalue weighted by atomic mass is 32.1. The standard InChI is InChI=1S/C25H29F2N7OS/c1-2-3-15-4-6-16(7-5-15)34-13-20(22(31-34)23(26)27)29-25(36)19-11-28-33-9-8-21(30-24(19)33)32-12-18-10-17(32)14-35-18/h2-3,8-9,11,13,15-18,23H,4-7,10,12,14H2,1H3,(H,29,36)/b3-2+/t15-,16-,17-,18-/m1/s1. The Kier molecular flexibility index (Phi) is 6.20. The average Bonchev–Trinajstić information content (AvgIpc) is 3.67. The number of allylic oxidation sites excluding steroid dienone is 2. The van der Waals surface area contributed by atoms with Crippen molar-refractivity contribution < 1.29 is 13.5 Å². The lowest BCUT2D eigenvalue weighted by Gasteiger charge is -2.27. The molecule has 2 aliphatic heterocycles. The third-order valence-electron chi connectivity index (χ3n) is 7.59. The molecule has 2 bridgehead atoms. The van der Waals surface area contributed by atoms with E-state index in [9.17, 15) is 8.78 Å². The third-order valence-corrected chi connectivity index (χ3v) is 7.91. The molecule has 1 saturated carbocycles. The zero-order chi connectivity index (χ0) is 24.8. The van der Waals surface area contributed by atoms with E-state index in [0.717, 1.165) is 44.5 Å². The van der Waals surface area contributed by atoms with Crippen LogP contribution in [0.3, 0.4) is 0 Å². The molecule has 5 heterocycles. The highest BCUT2D eigenvalue weighted by Gasteiger charge is 2.39. The van der Waals surface area contributed by atoms with E-state index in [4.69, 9.17) is 21.9 Å². The van der Waals surface area contributed by atoms with E-state index in [1.807, 2.05) is 19.2 Å². The fourth-order valence-corrected chi connectivity index (χ4v) is 5.98. The number of morpholine rings is 1. The molecule has 2 saturated heterocycles. The van der Waals surface area contributed by atoms with Crippen molar-refractivity contribution in [2.45, 2.75) is 63.6 Å². The molecule has 1 aliphatic carbocycles. The van der Waals surface area contributed by atoms with Crippen LogP contribution in [0.1, 0.15) is 62.8 Å². The SMILES string of the molecule is C/C=C/[C@H]1CC[C@H](n2cc(NC(=S)c3cnn4ccc(N5C[C@H]6C[C@@H]5CO6)nc34)c(C(F)F)n2)CC1. The normalized spacial score (nSPS) is 26.1. The van der Waals surface area contributed by atoms with E-state index in [-0.39, 0.29) is 23.5 Å². The number of anilines is 2. The van der Waals surface area contributed by atoms with Crippen LogP contribution >= 0.6 is 12.2 Å². The van der Waals surface area contributed by atoms with Crippen molar-refractivity contribution in [3.8, 4) is 0 Å². The molecule has 1 N–H and O–H groups in total. The molecule has 190 valence electrons. The minimum absolute atomic E-state index is 0.106. The molecule has 3 aliphatic rings. The zero-order valence-electron chi connectivity index (χ0n) is 20.1. The molecule has 8 nitrogen and oxygen atoms in total. The first-order chi connectivity index (χ1) is 17.5. The minimum Gasteiger partial charge on any atom is -0.374 e. The summed E-state index contributed by atoms with van der Waals surface area (Å²) in [6.45, 7) is 3.55. The topological polar surface area (TPSA) is 72.5 Å². The second-order valence-corrected chi connectivity index (χ2v) is 10.3. The Bertz CT molecular complexity index is 1300. The number of hydrogen-bond donors (Lipinski definition) is 1. The van der Waals surface area contributed by atoms with E-state index in [2.05, 4.69) is 32.6 Å². The number of fused-ring (bicyclic) bond motifs is 3. The van der Waals surface area contributed by atoms with Gasteiger partial charge in [-0.3, -0.25) is 4.68 Å². The highest BCUT2D eigenvalue weighted by Crippen LogP contribution is 2.36. The van der Waals surface area contributed by atoms with Gasteiger partial charge >= 0.3 is 0 Å². The first-order valence-electron chi connectivity index (χ1n) is 12.5. The smallest absolute Gasteiger partial charge is 0.284 e. The summed E-state index contributed by atoms with van der Waals surface area (Å²) in [5.74, 6) is 1.40. The van der Waals surface area contributed by atoms with Crippen molar-refractivity contribution in [3.05, 3.63) is 48.1 Å². The van der Waals surface area contributed by atoms with E-state index in [1.54, 1.807) is 21.6 Å². The number of hydrogen-bond acceptors (Lipinski definition) is 6. The average molecular weight is 514 g/mol. The van der Waals surface area contributed by atoms with Gasteiger partial charge < -0.3 is 15.0 Å². The van der Waals surface area contributed by atoms with Crippen molar-refractivity contribution in [1.29, 1.82) is 0 Å². The van der Waals surface area contributed by atoms with Gasteiger partial charge in [0.2, 0.25) is 0 Å². The highest BCUT2D eigenvalue weighted by molar-refractivity contribution is 7.81. The number of nitrogens with zero attached hydrogens (tertiary/aromatic N) is 6. The van der Waals surface area contributed by atoms with Crippen molar-refractivity contribution in [3.63, 3.8) is 0 Å². The summed E-state index contributed by atoms with van der Waals surface area (Å²) in [6, 6.07) is 2.37. The molecule has 6 rings (SSSR count). The van der Waals surface area contributed by atoms with Crippen LogP contribution in [-0.2, 0) is 4.74 Å². The van der Waals surface area contributed by atoms with Crippen LogP contribution in [0.15, 0.2) is 36.8 Å². The second-order valence-electron chi connectivity index (χ2n) is 9.87. The summed E-state index contributed by atoms with van der Waals surface area (Å²) in [5.41, 5.74) is 1.12. The molecule has 0 radical (unpaired) electrons. The summed E-state index contributed by atoms with van der Waals surface area (Å²) < 4.78 is 36.9. The van der Waals surface area contributed by atoms with E-state index >= 15 is 0 Å². The Morgan fingerprint density at radius 3 is 2.78 bits per heavy atom. The summed E-state index contributed by atoms with van der Waals surface area (Å²) in [4.78, 5) is 7.37. The quantitative estimate of drug-likeness (QED) is 0.370. The monoisotopic (exact) mass is 513 g/mol. The first-order valence-corrected chi connectivity index (χ1v) is 12.9. The van der Waals surface area contributed by atoms with Crippen LogP contribution in [0.5, 0.6) is 0 Å². The fraction of sp³-hybridized carbons (Fsp3) is 0.520. The number of rotatable bonds is 6. The molecular weight excluding hydrogens is 484 g/mol. The molecular formula is C25H29F2N7OS. The Morgan fingerprint density at radius 2 is 2.08 bits per heavy atom. The molecule has 2 atom stereocenters.